The van der Waals surface area contributed by atoms with Gasteiger partial charge in [0.25, 0.3) is 5.91 Å². The number of thiophene rings is 1. The molecule has 1 aromatic heterocycles. The second-order valence-electron chi connectivity index (χ2n) is 5.26. The Kier molecular flexibility index (Phi) is 6.76. The second-order valence-corrected chi connectivity index (χ2v) is 8.55. The molecule has 140 valence electrons. The summed E-state index contributed by atoms with van der Waals surface area (Å²) in [7, 11) is -0.981. The van der Waals surface area contributed by atoms with E-state index in [4.69, 9.17) is 16.3 Å². The maximum atomic E-state index is 12.1. The summed E-state index contributed by atoms with van der Waals surface area (Å²) >= 11 is 7.39. The molecule has 1 aromatic carbocycles. The molecule has 0 saturated carbocycles. The number of carbonyl (C=O) groups is 2. The van der Waals surface area contributed by atoms with E-state index in [1.165, 1.54) is 35.4 Å². The van der Waals surface area contributed by atoms with Crippen molar-refractivity contribution in [3.8, 4) is 0 Å². The van der Waals surface area contributed by atoms with Crippen LogP contribution in [-0.2, 0) is 26.1 Å². The van der Waals surface area contributed by atoms with Gasteiger partial charge in [-0.25, -0.2) is 17.9 Å². The van der Waals surface area contributed by atoms with Gasteiger partial charge in [-0.1, -0.05) is 17.7 Å². The number of esters is 1. The van der Waals surface area contributed by atoms with E-state index in [1.807, 2.05) is 17.5 Å². The summed E-state index contributed by atoms with van der Waals surface area (Å²) in [4.78, 5) is 26.4. The smallest absolute Gasteiger partial charge is 0.338 e. The predicted octanol–water partition coefficient (Wildman–Crippen LogP) is 2.12. The normalized spacial score (nSPS) is 11.2. The number of amides is 1. The summed E-state index contributed by atoms with van der Waals surface area (Å²) in [5.41, 5.74) is -0.0167. The van der Waals surface area contributed by atoms with Crippen molar-refractivity contribution >= 4 is 44.8 Å². The van der Waals surface area contributed by atoms with Gasteiger partial charge in [-0.05, 0) is 36.7 Å². The van der Waals surface area contributed by atoms with Gasteiger partial charge in [-0.2, -0.15) is 0 Å². The molecule has 2 rings (SSSR count). The van der Waals surface area contributed by atoms with Crippen LogP contribution in [0.25, 0.3) is 0 Å². The van der Waals surface area contributed by atoms with Gasteiger partial charge in [0.2, 0.25) is 10.0 Å². The lowest BCUT2D eigenvalue weighted by atomic mass is 10.2. The number of halogens is 1. The monoisotopic (exact) mass is 416 g/mol. The standard InChI is InChI=1S/C16H17ClN2O5S2/c1-18-26(22,23)14-8-11(5-6-13(14)17)16(21)24-10-15(20)19(2)9-12-4-3-7-25-12/h3-8,18H,9-10H2,1-2H3. The van der Waals surface area contributed by atoms with Gasteiger partial charge in [-0.15, -0.1) is 11.3 Å². The molecule has 26 heavy (non-hydrogen) atoms. The van der Waals surface area contributed by atoms with Gasteiger partial charge in [-0.3, -0.25) is 4.79 Å². The molecular weight excluding hydrogens is 400 g/mol. The minimum absolute atomic E-state index is 0.0167. The zero-order valence-corrected chi connectivity index (χ0v) is 16.5. The maximum Gasteiger partial charge on any atom is 0.338 e. The summed E-state index contributed by atoms with van der Waals surface area (Å²) in [5.74, 6) is -1.18. The molecule has 2 aromatic rings. The first kappa shape index (κ1) is 20.4. The van der Waals surface area contributed by atoms with E-state index in [9.17, 15) is 18.0 Å². The van der Waals surface area contributed by atoms with Crippen LogP contribution < -0.4 is 4.72 Å². The van der Waals surface area contributed by atoms with E-state index in [1.54, 1.807) is 7.05 Å². The van der Waals surface area contributed by atoms with E-state index in [-0.39, 0.29) is 21.4 Å². The van der Waals surface area contributed by atoms with Crippen LogP contribution in [0.2, 0.25) is 5.02 Å². The zero-order chi connectivity index (χ0) is 19.3. The van der Waals surface area contributed by atoms with Gasteiger partial charge in [0.15, 0.2) is 6.61 Å². The molecule has 0 bridgehead atoms. The van der Waals surface area contributed by atoms with Crippen molar-refractivity contribution in [1.29, 1.82) is 0 Å². The SMILES string of the molecule is CNS(=O)(=O)c1cc(C(=O)OCC(=O)N(C)Cc2cccs2)ccc1Cl. The van der Waals surface area contributed by atoms with Crippen molar-refractivity contribution in [2.75, 3.05) is 20.7 Å². The Hall–Kier alpha value is -1.94. The Balaban J connectivity index is 2.01. The first-order valence-corrected chi connectivity index (χ1v) is 10.1. The Labute approximate surface area is 160 Å². The molecular formula is C16H17ClN2O5S2. The van der Waals surface area contributed by atoms with Crippen LogP contribution in [0.4, 0.5) is 0 Å². The number of carbonyl (C=O) groups excluding carboxylic acids is 2. The quantitative estimate of drug-likeness (QED) is 0.698. The maximum absolute atomic E-state index is 12.1. The summed E-state index contributed by atoms with van der Waals surface area (Å²) in [6.07, 6.45) is 0. The summed E-state index contributed by atoms with van der Waals surface area (Å²) in [5, 5.41) is 1.88. The van der Waals surface area contributed by atoms with Crippen molar-refractivity contribution < 1.29 is 22.7 Å². The van der Waals surface area contributed by atoms with Crippen LogP contribution in [0.3, 0.4) is 0 Å². The minimum Gasteiger partial charge on any atom is -0.452 e. The number of likely N-dealkylation sites (N-methyl/N-ethyl adjacent to an activating group) is 1. The van der Waals surface area contributed by atoms with E-state index < -0.39 is 22.6 Å². The number of ether oxygens (including phenoxy) is 1. The van der Waals surface area contributed by atoms with E-state index in [0.717, 1.165) is 10.9 Å². The fraction of sp³-hybridized carbons (Fsp3) is 0.250. The van der Waals surface area contributed by atoms with E-state index >= 15 is 0 Å². The molecule has 0 aliphatic carbocycles. The fourth-order valence-electron chi connectivity index (χ4n) is 1.99. The van der Waals surface area contributed by atoms with Gasteiger partial charge in [0.05, 0.1) is 17.1 Å². The van der Waals surface area contributed by atoms with Gasteiger partial charge >= 0.3 is 5.97 Å². The highest BCUT2D eigenvalue weighted by atomic mass is 35.5. The van der Waals surface area contributed by atoms with Crippen LogP contribution in [0.5, 0.6) is 0 Å². The van der Waals surface area contributed by atoms with Crippen molar-refractivity contribution in [2.24, 2.45) is 0 Å². The highest BCUT2D eigenvalue weighted by molar-refractivity contribution is 7.89. The molecule has 0 aliphatic heterocycles. The average Bonchev–Trinajstić information content (AvgIpc) is 3.12. The minimum atomic E-state index is -3.82. The van der Waals surface area contributed by atoms with Crippen LogP contribution in [0.1, 0.15) is 15.2 Å². The van der Waals surface area contributed by atoms with Crippen molar-refractivity contribution in [2.45, 2.75) is 11.4 Å². The Morgan fingerprint density at radius 3 is 2.65 bits per heavy atom. The molecule has 1 heterocycles. The third kappa shape index (κ3) is 5.04. The molecule has 0 aliphatic rings. The number of nitrogens with one attached hydrogen (secondary N) is 1. The molecule has 10 heteroatoms. The predicted molar refractivity (Wildman–Crippen MR) is 98.8 cm³/mol. The molecule has 0 unspecified atom stereocenters. The average molecular weight is 417 g/mol. The number of nitrogens with zero attached hydrogens (tertiary/aromatic N) is 1. The number of sulfonamides is 1. The van der Waals surface area contributed by atoms with Crippen molar-refractivity contribution in [1.82, 2.24) is 9.62 Å². The highest BCUT2D eigenvalue weighted by Crippen LogP contribution is 2.22. The first-order chi connectivity index (χ1) is 12.2. The molecule has 0 saturated heterocycles. The Morgan fingerprint density at radius 2 is 2.04 bits per heavy atom. The molecule has 0 atom stereocenters. The van der Waals surface area contributed by atoms with Crippen LogP contribution in [-0.4, -0.2) is 45.9 Å². The zero-order valence-electron chi connectivity index (χ0n) is 14.1. The van der Waals surface area contributed by atoms with Crippen molar-refractivity contribution in [3.63, 3.8) is 0 Å². The summed E-state index contributed by atoms with van der Waals surface area (Å²) < 4.78 is 30.9. The van der Waals surface area contributed by atoms with Gasteiger partial charge < -0.3 is 9.64 Å². The number of hydrogen-bond donors (Lipinski definition) is 1. The number of rotatable bonds is 7. The molecule has 0 fully saturated rings. The van der Waals surface area contributed by atoms with Gasteiger partial charge in [0, 0.05) is 11.9 Å². The molecule has 1 amide bonds. The largest absolute Gasteiger partial charge is 0.452 e. The third-order valence-electron chi connectivity index (χ3n) is 3.45. The van der Waals surface area contributed by atoms with Crippen LogP contribution in [0, 0.1) is 0 Å². The molecule has 1 N–H and O–H groups in total. The topological polar surface area (TPSA) is 92.8 Å². The number of benzene rings is 1. The van der Waals surface area contributed by atoms with Crippen LogP contribution in [0.15, 0.2) is 40.6 Å². The molecule has 7 nitrogen and oxygen atoms in total. The summed E-state index contributed by atoms with van der Waals surface area (Å²) in [6.45, 7) is -0.0308. The van der Waals surface area contributed by atoms with Crippen LogP contribution >= 0.6 is 22.9 Å². The molecule has 0 spiro atoms. The van der Waals surface area contributed by atoms with E-state index in [2.05, 4.69) is 4.72 Å². The van der Waals surface area contributed by atoms with E-state index in [0.29, 0.717) is 6.54 Å². The third-order valence-corrected chi connectivity index (χ3v) is 6.21. The lowest BCUT2D eigenvalue weighted by Crippen LogP contribution is -2.30. The lowest BCUT2D eigenvalue weighted by molar-refractivity contribution is -0.133. The number of hydrogen-bond acceptors (Lipinski definition) is 6. The Morgan fingerprint density at radius 1 is 1.31 bits per heavy atom. The van der Waals surface area contributed by atoms with Crippen molar-refractivity contribution in [3.05, 3.63) is 51.2 Å². The summed E-state index contributed by atoms with van der Waals surface area (Å²) in [6, 6.07) is 7.51. The van der Waals surface area contributed by atoms with Gasteiger partial charge in [0.1, 0.15) is 4.90 Å². The molecule has 0 radical (unpaired) electrons. The lowest BCUT2D eigenvalue weighted by Gasteiger charge is -2.16. The first-order valence-electron chi connectivity index (χ1n) is 7.41. The fourth-order valence-corrected chi connectivity index (χ4v) is 4.00. The Bertz CT molecular complexity index is 897. The highest BCUT2D eigenvalue weighted by Gasteiger charge is 2.20. The second kappa shape index (κ2) is 8.63.